The van der Waals surface area contributed by atoms with Crippen molar-refractivity contribution in [2.24, 2.45) is 11.8 Å². The second kappa shape index (κ2) is 6.02. The lowest BCUT2D eigenvalue weighted by Crippen LogP contribution is -2.29. The number of nitriles is 1. The first-order valence-corrected chi connectivity index (χ1v) is 9.06. The van der Waals surface area contributed by atoms with Gasteiger partial charge in [-0.25, -0.2) is 0 Å². The summed E-state index contributed by atoms with van der Waals surface area (Å²) in [6.07, 6.45) is 9.63. The minimum atomic E-state index is -0.0549. The van der Waals surface area contributed by atoms with E-state index in [-0.39, 0.29) is 11.3 Å². The average molecular weight is 321 g/mol. The summed E-state index contributed by atoms with van der Waals surface area (Å²) in [6, 6.07) is 6.83. The summed E-state index contributed by atoms with van der Waals surface area (Å²) >= 11 is 0. The number of fused-ring (bicyclic) bond motifs is 3. The molecule has 0 aromatic heterocycles. The summed E-state index contributed by atoms with van der Waals surface area (Å²) in [5.74, 6) is 1.12. The van der Waals surface area contributed by atoms with Crippen molar-refractivity contribution < 1.29 is 10.2 Å². The second-order valence-electron chi connectivity index (χ2n) is 7.37. The number of aromatic hydroxyl groups is 1. The highest BCUT2D eigenvalue weighted by Crippen LogP contribution is 2.52. The third-order valence-electron chi connectivity index (χ3n) is 6.07. The maximum absolute atomic E-state index is 11.0. The average Bonchev–Trinajstić information content (AvgIpc) is 2.60. The molecule has 4 rings (SSSR count). The van der Waals surface area contributed by atoms with Crippen LogP contribution in [0.5, 0.6) is 5.75 Å². The Morgan fingerprint density at radius 1 is 1.12 bits per heavy atom. The van der Waals surface area contributed by atoms with E-state index in [9.17, 15) is 10.2 Å². The van der Waals surface area contributed by atoms with E-state index < -0.39 is 0 Å². The molecular formula is C21H23NO2. The highest BCUT2D eigenvalue weighted by atomic mass is 16.3. The van der Waals surface area contributed by atoms with Gasteiger partial charge in [-0.2, -0.15) is 5.26 Å². The molecule has 3 heteroatoms. The van der Waals surface area contributed by atoms with Gasteiger partial charge < -0.3 is 10.2 Å². The minimum Gasteiger partial charge on any atom is -0.507 e. The highest BCUT2D eigenvalue weighted by molar-refractivity contribution is 5.67. The van der Waals surface area contributed by atoms with E-state index in [1.165, 1.54) is 43.7 Å². The molecule has 1 aromatic rings. The number of phenolic OH excluding ortho intramolecular Hbond substituents is 1. The summed E-state index contributed by atoms with van der Waals surface area (Å²) in [4.78, 5) is 0. The first-order valence-electron chi connectivity index (χ1n) is 9.06. The van der Waals surface area contributed by atoms with Crippen LogP contribution in [0.15, 0.2) is 34.9 Å². The molecule has 0 heterocycles. The number of benzene rings is 1. The van der Waals surface area contributed by atoms with Gasteiger partial charge in [0, 0.05) is 11.5 Å². The van der Waals surface area contributed by atoms with Crippen LogP contribution in [0.4, 0.5) is 0 Å². The summed E-state index contributed by atoms with van der Waals surface area (Å²) < 4.78 is 0. The van der Waals surface area contributed by atoms with E-state index in [4.69, 9.17) is 5.26 Å². The lowest BCUT2D eigenvalue weighted by molar-refractivity contribution is 0.334. The summed E-state index contributed by atoms with van der Waals surface area (Å²) in [5, 5.41) is 29.9. The Morgan fingerprint density at radius 2 is 1.96 bits per heavy atom. The Kier molecular flexibility index (Phi) is 3.84. The number of aliphatic hydroxyl groups is 1. The molecule has 0 saturated heterocycles. The van der Waals surface area contributed by atoms with Crippen LogP contribution in [-0.4, -0.2) is 10.2 Å². The van der Waals surface area contributed by atoms with E-state index >= 15 is 0 Å². The molecule has 2 bridgehead atoms. The zero-order valence-electron chi connectivity index (χ0n) is 13.9. The van der Waals surface area contributed by atoms with E-state index in [0.29, 0.717) is 23.2 Å². The first kappa shape index (κ1) is 15.3. The molecule has 3 aliphatic carbocycles. The van der Waals surface area contributed by atoms with Crippen LogP contribution in [0.1, 0.15) is 62.5 Å². The van der Waals surface area contributed by atoms with Gasteiger partial charge in [0.05, 0.1) is 5.56 Å². The van der Waals surface area contributed by atoms with Crippen LogP contribution in [-0.2, 0) is 0 Å². The third-order valence-corrected chi connectivity index (χ3v) is 6.07. The van der Waals surface area contributed by atoms with Crippen LogP contribution in [0.3, 0.4) is 0 Å². The first-order chi connectivity index (χ1) is 11.7. The van der Waals surface area contributed by atoms with Gasteiger partial charge in [-0.15, -0.1) is 0 Å². The van der Waals surface area contributed by atoms with Crippen molar-refractivity contribution in [3.8, 4) is 11.8 Å². The normalized spacial score (nSPS) is 28.1. The second-order valence-corrected chi connectivity index (χ2v) is 7.37. The van der Waals surface area contributed by atoms with Crippen molar-refractivity contribution in [1.29, 1.82) is 5.26 Å². The van der Waals surface area contributed by atoms with Crippen molar-refractivity contribution in [3.05, 3.63) is 46.0 Å². The van der Waals surface area contributed by atoms with E-state index in [1.54, 1.807) is 23.3 Å². The van der Waals surface area contributed by atoms with E-state index in [1.807, 2.05) is 6.07 Å². The zero-order chi connectivity index (χ0) is 16.7. The number of rotatable bonds is 1. The number of hydrogen-bond acceptors (Lipinski definition) is 3. The van der Waals surface area contributed by atoms with Crippen molar-refractivity contribution >= 4 is 5.76 Å². The smallest absolute Gasteiger partial charge is 0.134 e. The molecule has 0 radical (unpaired) electrons. The summed E-state index contributed by atoms with van der Waals surface area (Å²) in [5.41, 5.74) is 5.33. The van der Waals surface area contributed by atoms with E-state index in [0.717, 1.165) is 19.3 Å². The van der Waals surface area contributed by atoms with Gasteiger partial charge in [0.25, 0.3) is 0 Å². The van der Waals surface area contributed by atoms with Gasteiger partial charge in [0.15, 0.2) is 0 Å². The lowest BCUT2D eigenvalue weighted by atomic mass is 9.62. The molecule has 0 spiro atoms. The predicted molar refractivity (Wildman–Crippen MR) is 93.3 cm³/mol. The fraction of sp³-hybridized carbons (Fsp3) is 0.476. The molecular weight excluding hydrogens is 298 g/mol. The van der Waals surface area contributed by atoms with Crippen LogP contribution in [0.25, 0.3) is 5.76 Å². The Balaban J connectivity index is 1.79. The quantitative estimate of drug-likeness (QED) is 0.550. The van der Waals surface area contributed by atoms with Crippen molar-refractivity contribution in [2.45, 2.75) is 51.4 Å². The van der Waals surface area contributed by atoms with Gasteiger partial charge in [0.2, 0.25) is 0 Å². The van der Waals surface area contributed by atoms with Gasteiger partial charge >= 0.3 is 0 Å². The summed E-state index contributed by atoms with van der Waals surface area (Å²) in [7, 11) is 0. The third kappa shape index (κ3) is 2.41. The standard InChI is InChI=1S/C21H23NO2/c22-12-16-9-8-15(11-19(16)23)21(24)20-14-5-3-7-18(20)17-6-2-1-4-13(17)10-14/h8-9,11,14,18,23-24H,1-7,10H2/b21-20+. The van der Waals surface area contributed by atoms with E-state index in [2.05, 4.69) is 0 Å². The lowest BCUT2D eigenvalue weighted by Gasteiger charge is -2.43. The maximum atomic E-state index is 11.0. The number of hydrogen-bond donors (Lipinski definition) is 2. The number of phenols is 1. The molecule has 1 fully saturated rings. The molecule has 2 unspecified atom stereocenters. The van der Waals surface area contributed by atoms with Crippen LogP contribution < -0.4 is 0 Å². The fourth-order valence-corrected chi connectivity index (χ4v) is 4.98. The molecule has 0 amide bonds. The monoisotopic (exact) mass is 321 g/mol. The SMILES string of the molecule is N#Cc1ccc(/C(O)=C2/C3CCCC2C2=C(CCCC2)C3)cc1O. The Labute approximate surface area is 142 Å². The minimum absolute atomic E-state index is 0.0549. The molecule has 3 nitrogen and oxygen atoms in total. The fourth-order valence-electron chi connectivity index (χ4n) is 4.98. The zero-order valence-corrected chi connectivity index (χ0v) is 13.9. The highest BCUT2D eigenvalue weighted by Gasteiger charge is 2.39. The number of aliphatic hydroxyl groups excluding tert-OH is 1. The molecule has 124 valence electrons. The summed E-state index contributed by atoms with van der Waals surface area (Å²) in [6.45, 7) is 0. The van der Waals surface area contributed by atoms with Crippen LogP contribution in [0, 0.1) is 23.2 Å². The van der Waals surface area contributed by atoms with Crippen LogP contribution in [0.2, 0.25) is 0 Å². The van der Waals surface area contributed by atoms with Gasteiger partial charge in [-0.05, 0) is 74.6 Å². The topological polar surface area (TPSA) is 64.2 Å². The molecule has 24 heavy (non-hydrogen) atoms. The molecule has 1 saturated carbocycles. The van der Waals surface area contributed by atoms with Crippen molar-refractivity contribution in [2.75, 3.05) is 0 Å². The molecule has 0 aliphatic heterocycles. The van der Waals surface area contributed by atoms with Crippen molar-refractivity contribution in [3.63, 3.8) is 0 Å². The Bertz CT molecular complexity index is 782. The van der Waals surface area contributed by atoms with Crippen LogP contribution >= 0.6 is 0 Å². The Morgan fingerprint density at radius 3 is 2.75 bits per heavy atom. The molecule has 2 atom stereocenters. The van der Waals surface area contributed by atoms with Gasteiger partial charge in [0.1, 0.15) is 17.6 Å². The Hall–Kier alpha value is -2.21. The maximum Gasteiger partial charge on any atom is 0.134 e. The molecule has 2 N–H and O–H groups in total. The number of nitrogens with zero attached hydrogens (tertiary/aromatic N) is 1. The van der Waals surface area contributed by atoms with Crippen molar-refractivity contribution in [1.82, 2.24) is 0 Å². The van der Waals surface area contributed by atoms with Gasteiger partial charge in [-0.3, -0.25) is 0 Å². The molecule has 3 aliphatic rings. The predicted octanol–water partition coefficient (Wildman–Crippen LogP) is 5.22. The molecule has 1 aromatic carbocycles. The van der Waals surface area contributed by atoms with Gasteiger partial charge in [-0.1, -0.05) is 17.6 Å². The largest absolute Gasteiger partial charge is 0.507 e. The number of allylic oxidation sites excluding steroid dienone is 3.